The van der Waals surface area contributed by atoms with Gasteiger partial charge in [-0.1, -0.05) is 23.8 Å². The van der Waals surface area contributed by atoms with E-state index in [0.717, 1.165) is 18.7 Å². The average Bonchev–Trinajstić information content (AvgIpc) is 2.20. The topological polar surface area (TPSA) is 41.1 Å². The predicted molar refractivity (Wildman–Crippen MR) is 59.7 cm³/mol. The Morgan fingerprint density at radius 2 is 2.07 bits per heavy atom. The molecule has 3 nitrogen and oxygen atoms in total. The van der Waals surface area contributed by atoms with Crippen molar-refractivity contribution in [3.8, 4) is 0 Å². The second-order valence-corrected chi connectivity index (χ2v) is 4.04. The van der Waals surface area contributed by atoms with Crippen molar-refractivity contribution < 1.29 is 4.79 Å². The van der Waals surface area contributed by atoms with Crippen LogP contribution in [0.1, 0.15) is 22.7 Å². The molecule has 0 bridgehead atoms. The van der Waals surface area contributed by atoms with Crippen LogP contribution in [-0.4, -0.2) is 19.0 Å². The summed E-state index contributed by atoms with van der Waals surface area (Å²) in [7, 11) is 0. The minimum Gasteiger partial charge on any atom is -0.353 e. The van der Waals surface area contributed by atoms with Gasteiger partial charge >= 0.3 is 0 Å². The van der Waals surface area contributed by atoms with E-state index in [1.807, 2.05) is 19.1 Å². The fourth-order valence-corrected chi connectivity index (χ4v) is 2.00. The van der Waals surface area contributed by atoms with Crippen LogP contribution in [0, 0.1) is 13.8 Å². The highest BCUT2D eigenvalue weighted by Crippen LogP contribution is 2.20. The molecule has 1 aromatic rings. The molecule has 3 heteroatoms. The number of carbonyl (C=O) groups is 1. The third-order valence-electron chi connectivity index (χ3n) is 2.77. The normalized spacial score (nSPS) is 21.2. The molecular formula is C12H16N2O. The molecule has 0 spiro atoms. The summed E-state index contributed by atoms with van der Waals surface area (Å²) >= 11 is 0. The van der Waals surface area contributed by atoms with Gasteiger partial charge < -0.3 is 10.6 Å². The van der Waals surface area contributed by atoms with Gasteiger partial charge in [0.2, 0.25) is 5.91 Å². The van der Waals surface area contributed by atoms with E-state index in [9.17, 15) is 4.79 Å². The standard InChI is InChI=1S/C12H16N2O/c1-8-3-4-10(9(2)7-8)11-12(15)14-6-5-13-11/h3-4,7,11,13H,5-6H2,1-2H3,(H,14,15). The van der Waals surface area contributed by atoms with Crippen molar-refractivity contribution in [2.45, 2.75) is 19.9 Å². The molecule has 1 amide bonds. The Morgan fingerprint density at radius 3 is 2.73 bits per heavy atom. The first-order chi connectivity index (χ1) is 7.18. The minimum atomic E-state index is -0.181. The fourth-order valence-electron chi connectivity index (χ4n) is 2.00. The Hall–Kier alpha value is -1.35. The van der Waals surface area contributed by atoms with E-state index in [1.54, 1.807) is 0 Å². The molecule has 1 saturated heterocycles. The molecule has 2 N–H and O–H groups in total. The van der Waals surface area contributed by atoms with E-state index in [1.165, 1.54) is 11.1 Å². The Morgan fingerprint density at radius 1 is 1.27 bits per heavy atom. The van der Waals surface area contributed by atoms with Gasteiger partial charge in [0.15, 0.2) is 0 Å². The largest absolute Gasteiger partial charge is 0.353 e. The van der Waals surface area contributed by atoms with Gasteiger partial charge in [-0.3, -0.25) is 4.79 Å². The van der Waals surface area contributed by atoms with E-state index in [-0.39, 0.29) is 11.9 Å². The van der Waals surface area contributed by atoms with Crippen LogP contribution >= 0.6 is 0 Å². The maximum atomic E-state index is 11.7. The van der Waals surface area contributed by atoms with Crippen molar-refractivity contribution in [2.75, 3.05) is 13.1 Å². The van der Waals surface area contributed by atoms with Gasteiger partial charge in [-0.2, -0.15) is 0 Å². The zero-order valence-corrected chi connectivity index (χ0v) is 9.13. The first-order valence-corrected chi connectivity index (χ1v) is 5.27. The molecule has 1 atom stereocenters. The lowest BCUT2D eigenvalue weighted by Gasteiger charge is -2.25. The molecule has 1 unspecified atom stereocenters. The van der Waals surface area contributed by atoms with Crippen molar-refractivity contribution in [1.82, 2.24) is 10.6 Å². The summed E-state index contributed by atoms with van der Waals surface area (Å²) in [5.41, 5.74) is 3.48. The van der Waals surface area contributed by atoms with Crippen molar-refractivity contribution in [2.24, 2.45) is 0 Å². The lowest BCUT2D eigenvalue weighted by molar-refractivity contribution is -0.124. The molecule has 1 aliphatic heterocycles. The van der Waals surface area contributed by atoms with Crippen LogP contribution in [0.5, 0.6) is 0 Å². The SMILES string of the molecule is Cc1ccc(C2NCCNC2=O)c(C)c1. The number of hydrogen-bond acceptors (Lipinski definition) is 2. The number of hydrogen-bond donors (Lipinski definition) is 2. The number of benzene rings is 1. The van der Waals surface area contributed by atoms with Gasteiger partial charge in [0, 0.05) is 13.1 Å². The Kier molecular flexibility index (Phi) is 2.73. The molecule has 0 aromatic heterocycles. The summed E-state index contributed by atoms with van der Waals surface area (Å²) in [5, 5.41) is 6.10. The first kappa shape index (κ1) is 10.2. The van der Waals surface area contributed by atoms with E-state index in [0.29, 0.717) is 0 Å². The van der Waals surface area contributed by atoms with Gasteiger partial charge in [0.25, 0.3) is 0 Å². The number of carbonyl (C=O) groups excluding carboxylic acids is 1. The second kappa shape index (κ2) is 4.03. The Bertz CT molecular complexity index is 387. The Balaban J connectivity index is 2.31. The summed E-state index contributed by atoms with van der Waals surface area (Å²) in [6.07, 6.45) is 0. The van der Waals surface area contributed by atoms with E-state index < -0.39 is 0 Å². The third kappa shape index (κ3) is 2.02. The molecule has 1 aromatic carbocycles. The molecule has 0 saturated carbocycles. The highest BCUT2D eigenvalue weighted by atomic mass is 16.2. The summed E-state index contributed by atoms with van der Waals surface area (Å²) in [6.45, 7) is 5.67. The van der Waals surface area contributed by atoms with Crippen molar-refractivity contribution in [3.63, 3.8) is 0 Å². The van der Waals surface area contributed by atoms with Crippen LogP contribution < -0.4 is 10.6 Å². The van der Waals surface area contributed by atoms with E-state index in [2.05, 4.69) is 23.6 Å². The molecule has 0 aliphatic carbocycles. The van der Waals surface area contributed by atoms with E-state index >= 15 is 0 Å². The lowest BCUT2D eigenvalue weighted by Crippen LogP contribution is -2.47. The summed E-state index contributed by atoms with van der Waals surface area (Å²) < 4.78 is 0. The van der Waals surface area contributed by atoms with Crippen LogP contribution in [0.25, 0.3) is 0 Å². The minimum absolute atomic E-state index is 0.0770. The van der Waals surface area contributed by atoms with Gasteiger partial charge in [-0.25, -0.2) is 0 Å². The van der Waals surface area contributed by atoms with Crippen molar-refractivity contribution in [1.29, 1.82) is 0 Å². The molecular weight excluding hydrogens is 188 g/mol. The van der Waals surface area contributed by atoms with Crippen LogP contribution in [-0.2, 0) is 4.79 Å². The average molecular weight is 204 g/mol. The molecule has 1 heterocycles. The molecule has 2 rings (SSSR count). The van der Waals surface area contributed by atoms with Crippen LogP contribution in [0.3, 0.4) is 0 Å². The molecule has 1 aliphatic rings. The third-order valence-corrected chi connectivity index (χ3v) is 2.77. The number of piperazine rings is 1. The zero-order chi connectivity index (χ0) is 10.8. The quantitative estimate of drug-likeness (QED) is 0.718. The number of aryl methyl sites for hydroxylation is 2. The maximum Gasteiger partial charge on any atom is 0.241 e. The number of amides is 1. The van der Waals surface area contributed by atoms with Crippen molar-refractivity contribution >= 4 is 5.91 Å². The van der Waals surface area contributed by atoms with Gasteiger partial charge in [0.05, 0.1) is 0 Å². The van der Waals surface area contributed by atoms with E-state index in [4.69, 9.17) is 0 Å². The summed E-state index contributed by atoms with van der Waals surface area (Å²) in [4.78, 5) is 11.7. The first-order valence-electron chi connectivity index (χ1n) is 5.27. The van der Waals surface area contributed by atoms with Gasteiger partial charge in [-0.05, 0) is 25.0 Å². The van der Waals surface area contributed by atoms with Crippen LogP contribution in [0.15, 0.2) is 18.2 Å². The highest BCUT2D eigenvalue weighted by Gasteiger charge is 2.24. The van der Waals surface area contributed by atoms with Crippen LogP contribution in [0.2, 0.25) is 0 Å². The highest BCUT2D eigenvalue weighted by molar-refractivity contribution is 5.84. The predicted octanol–water partition coefficient (Wildman–Crippen LogP) is 1.06. The smallest absolute Gasteiger partial charge is 0.241 e. The summed E-state index contributed by atoms with van der Waals surface area (Å²) in [6, 6.07) is 6.01. The van der Waals surface area contributed by atoms with Gasteiger partial charge in [0.1, 0.15) is 6.04 Å². The van der Waals surface area contributed by atoms with Crippen LogP contribution in [0.4, 0.5) is 0 Å². The molecule has 80 valence electrons. The zero-order valence-electron chi connectivity index (χ0n) is 9.13. The number of rotatable bonds is 1. The second-order valence-electron chi connectivity index (χ2n) is 4.04. The monoisotopic (exact) mass is 204 g/mol. The van der Waals surface area contributed by atoms with Crippen molar-refractivity contribution in [3.05, 3.63) is 34.9 Å². The molecule has 1 fully saturated rings. The Labute approximate surface area is 89.9 Å². The lowest BCUT2D eigenvalue weighted by atomic mass is 9.98. The van der Waals surface area contributed by atoms with Gasteiger partial charge in [-0.15, -0.1) is 0 Å². The fraction of sp³-hybridized carbons (Fsp3) is 0.417. The summed E-state index contributed by atoms with van der Waals surface area (Å²) in [5.74, 6) is 0.0770. The number of nitrogens with one attached hydrogen (secondary N) is 2. The maximum absolute atomic E-state index is 11.7. The molecule has 0 radical (unpaired) electrons. The molecule has 15 heavy (non-hydrogen) atoms.